The van der Waals surface area contributed by atoms with E-state index in [1.165, 1.54) is 0 Å². The van der Waals surface area contributed by atoms with Gasteiger partial charge < -0.3 is 14.4 Å². The predicted molar refractivity (Wildman–Crippen MR) is 99.8 cm³/mol. The van der Waals surface area contributed by atoms with E-state index >= 15 is 0 Å². The number of rotatable bonds is 1. The molecule has 4 heterocycles. The number of piperidine rings is 3. The van der Waals surface area contributed by atoms with Crippen LogP contribution in [-0.2, 0) is 11.8 Å². The molecule has 2 bridgehead atoms. The number of amides is 2. The molecule has 3 aliphatic rings. The monoisotopic (exact) mass is 351 g/mol. The highest BCUT2D eigenvalue weighted by Crippen LogP contribution is 2.38. The second kappa shape index (κ2) is 5.86. The number of nitrogens with zero attached hydrogens (tertiary/aromatic N) is 3. The fourth-order valence-electron chi connectivity index (χ4n) is 5.35. The molecule has 5 nitrogen and oxygen atoms in total. The molecule has 3 saturated heterocycles. The molecule has 5 rings (SSSR count). The summed E-state index contributed by atoms with van der Waals surface area (Å²) in [7, 11) is 2.01. The minimum Gasteiger partial charge on any atom is -0.351 e. The summed E-state index contributed by atoms with van der Waals surface area (Å²) in [6.45, 7) is 2.40. The molecular weight excluding hydrogens is 326 g/mol. The van der Waals surface area contributed by atoms with Gasteiger partial charge in [0.15, 0.2) is 0 Å². The van der Waals surface area contributed by atoms with E-state index < -0.39 is 0 Å². The molecule has 0 saturated carbocycles. The van der Waals surface area contributed by atoms with Gasteiger partial charge in [-0.2, -0.15) is 0 Å². The summed E-state index contributed by atoms with van der Waals surface area (Å²) >= 11 is 0. The van der Waals surface area contributed by atoms with E-state index in [0.29, 0.717) is 30.2 Å². The van der Waals surface area contributed by atoms with Crippen LogP contribution >= 0.6 is 0 Å². The number of fused-ring (bicyclic) bond motifs is 5. The average Bonchev–Trinajstić information content (AvgIpc) is 3.02. The highest BCUT2D eigenvalue weighted by Gasteiger charge is 2.44. The summed E-state index contributed by atoms with van der Waals surface area (Å²) in [6.07, 6.45) is 5.99. The van der Waals surface area contributed by atoms with Crippen molar-refractivity contribution in [2.24, 2.45) is 18.9 Å². The second-order valence-electron chi connectivity index (χ2n) is 8.28. The Bertz CT molecular complexity index is 887. The van der Waals surface area contributed by atoms with Gasteiger partial charge in [-0.05, 0) is 54.7 Å². The molecular formula is C21H25N3O2. The first kappa shape index (κ1) is 15.9. The summed E-state index contributed by atoms with van der Waals surface area (Å²) in [6, 6.07) is 8.42. The van der Waals surface area contributed by atoms with Crippen molar-refractivity contribution < 1.29 is 9.59 Å². The third-order valence-corrected chi connectivity index (χ3v) is 6.60. The number of aryl methyl sites for hydroxylation is 1. The first-order chi connectivity index (χ1) is 12.6. The molecule has 3 atom stereocenters. The Morgan fingerprint density at radius 3 is 2.92 bits per heavy atom. The SMILES string of the molecule is Cn1ccc2ccc(C(=O)N3C[C@H]4C[C@@H](C3)[C@@H]3CCCC(=O)N3C4)cc21. The van der Waals surface area contributed by atoms with E-state index in [4.69, 9.17) is 0 Å². The molecule has 136 valence electrons. The van der Waals surface area contributed by atoms with E-state index in [0.717, 1.165) is 55.4 Å². The molecule has 0 spiro atoms. The fourth-order valence-corrected chi connectivity index (χ4v) is 5.35. The van der Waals surface area contributed by atoms with Gasteiger partial charge in [-0.25, -0.2) is 0 Å². The lowest BCUT2D eigenvalue weighted by molar-refractivity contribution is -0.144. The minimum atomic E-state index is 0.137. The zero-order valence-corrected chi connectivity index (χ0v) is 15.2. The largest absolute Gasteiger partial charge is 0.351 e. The normalized spacial score (nSPS) is 28.3. The van der Waals surface area contributed by atoms with Crippen LogP contribution in [0.4, 0.5) is 0 Å². The molecule has 1 aromatic heterocycles. The molecule has 0 aliphatic carbocycles. The third kappa shape index (κ3) is 2.44. The Morgan fingerprint density at radius 2 is 2.04 bits per heavy atom. The molecule has 2 amide bonds. The third-order valence-electron chi connectivity index (χ3n) is 6.60. The lowest BCUT2D eigenvalue weighted by Gasteiger charge is -2.52. The first-order valence-electron chi connectivity index (χ1n) is 9.74. The summed E-state index contributed by atoms with van der Waals surface area (Å²) in [5, 5.41) is 1.16. The molecule has 26 heavy (non-hydrogen) atoms. The van der Waals surface area contributed by atoms with Crippen LogP contribution in [0, 0.1) is 11.8 Å². The molecule has 3 aliphatic heterocycles. The quantitative estimate of drug-likeness (QED) is 0.793. The molecule has 0 N–H and O–H groups in total. The van der Waals surface area contributed by atoms with E-state index in [-0.39, 0.29) is 5.91 Å². The van der Waals surface area contributed by atoms with Crippen molar-refractivity contribution >= 4 is 22.7 Å². The van der Waals surface area contributed by atoms with Gasteiger partial charge in [-0.15, -0.1) is 0 Å². The zero-order valence-electron chi connectivity index (χ0n) is 15.2. The van der Waals surface area contributed by atoms with Crippen LogP contribution in [0.1, 0.15) is 36.0 Å². The lowest BCUT2D eigenvalue weighted by atomic mass is 9.76. The Labute approximate surface area is 153 Å². The smallest absolute Gasteiger partial charge is 0.253 e. The molecule has 1 aromatic carbocycles. The van der Waals surface area contributed by atoms with E-state index in [9.17, 15) is 9.59 Å². The van der Waals surface area contributed by atoms with Gasteiger partial charge in [-0.1, -0.05) is 6.07 Å². The zero-order chi connectivity index (χ0) is 17.8. The van der Waals surface area contributed by atoms with Crippen molar-refractivity contribution in [3.05, 3.63) is 36.0 Å². The van der Waals surface area contributed by atoms with Gasteiger partial charge in [0.05, 0.1) is 0 Å². The number of hydrogen-bond donors (Lipinski definition) is 0. The van der Waals surface area contributed by atoms with Crippen LogP contribution in [0.2, 0.25) is 0 Å². The van der Waals surface area contributed by atoms with Crippen molar-refractivity contribution in [3.63, 3.8) is 0 Å². The summed E-state index contributed by atoms with van der Waals surface area (Å²) in [5.74, 6) is 1.33. The van der Waals surface area contributed by atoms with Gasteiger partial charge in [0.2, 0.25) is 5.91 Å². The number of hydrogen-bond acceptors (Lipinski definition) is 2. The van der Waals surface area contributed by atoms with Gasteiger partial charge in [0.25, 0.3) is 5.91 Å². The van der Waals surface area contributed by atoms with Crippen molar-refractivity contribution in [2.45, 2.75) is 31.7 Å². The topological polar surface area (TPSA) is 45.6 Å². The number of aromatic nitrogens is 1. The highest BCUT2D eigenvalue weighted by atomic mass is 16.2. The summed E-state index contributed by atoms with van der Waals surface area (Å²) < 4.78 is 2.06. The van der Waals surface area contributed by atoms with Gasteiger partial charge >= 0.3 is 0 Å². The molecule has 0 unspecified atom stereocenters. The molecule has 0 radical (unpaired) electrons. The van der Waals surface area contributed by atoms with E-state index in [1.54, 1.807) is 0 Å². The van der Waals surface area contributed by atoms with Gasteiger partial charge in [0, 0.05) is 56.4 Å². The van der Waals surface area contributed by atoms with Crippen molar-refractivity contribution in [3.8, 4) is 0 Å². The molecule has 3 fully saturated rings. The maximum Gasteiger partial charge on any atom is 0.253 e. The van der Waals surface area contributed by atoms with Crippen LogP contribution < -0.4 is 0 Å². The fraction of sp³-hybridized carbons (Fsp3) is 0.524. The standard InChI is InChI=1S/C21H25N3O2/c1-22-8-7-15-5-6-16(10-19(15)22)21(26)23-11-14-9-17(13-23)18-3-2-4-20(25)24(18)12-14/h5-8,10,14,17-18H,2-4,9,11-13H2,1H3/t14-,17+,18+/m1/s1. The van der Waals surface area contributed by atoms with Gasteiger partial charge in [-0.3, -0.25) is 9.59 Å². The lowest BCUT2D eigenvalue weighted by Crippen LogP contribution is -2.61. The van der Waals surface area contributed by atoms with E-state index in [1.807, 2.05) is 36.3 Å². The van der Waals surface area contributed by atoms with Crippen molar-refractivity contribution in [1.29, 1.82) is 0 Å². The van der Waals surface area contributed by atoms with Crippen LogP contribution in [0.15, 0.2) is 30.5 Å². The predicted octanol–water partition coefficient (Wildman–Crippen LogP) is 2.65. The maximum atomic E-state index is 13.2. The Kier molecular flexibility index (Phi) is 3.59. The molecule has 5 heteroatoms. The first-order valence-corrected chi connectivity index (χ1v) is 9.74. The Balaban J connectivity index is 1.39. The van der Waals surface area contributed by atoms with Gasteiger partial charge in [0.1, 0.15) is 0 Å². The van der Waals surface area contributed by atoms with Crippen molar-refractivity contribution in [2.75, 3.05) is 19.6 Å². The Hall–Kier alpha value is -2.30. The number of likely N-dealkylation sites (tertiary alicyclic amines) is 1. The second-order valence-corrected chi connectivity index (χ2v) is 8.28. The highest BCUT2D eigenvalue weighted by molar-refractivity contribution is 5.98. The van der Waals surface area contributed by atoms with Crippen LogP contribution in [0.5, 0.6) is 0 Å². The summed E-state index contributed by atoms with van der Waals surface area (Å²) in [4.78, 5) is 29.6. The minimum absolute atomic E-state index is 0.137. The van der Waals surface area contributed by atoms with Crippen molar-refractivity contribution in [1.82, 2.24) is 14.4 Å². The number of carbonyl (C=O) groups is 2. The Morgan fingerprint density at radius 1 is 1.15 bits per heavy atom. The number of carbonyl (C=O) groups excluding carboxylic acids is 2. The molecule has 2 aromatic rings. The van der Waals surface area contributed by atoms with E-state index in [2.05, 4.69) is 15.5 Å². The average molecular weight is 351 g/mol. The van der Waals surface area contributed by atoms with Crippen LogP contribution in [-0.4, -0.2) is 51.9 Å². The maximum absolute atomic E-state index is 13.2. The van der Waals surface area contributed by atoms with Crippen LogP contribution in [0.25, 0.3) is 10.9 Å². The van der Waals surface area contributed by atoms with Crippen LogP contribution in [0.3, 0.4) is 0 Å². The summed E-state index contributed by atoms with van der Waals surface area (Å²) in [5.41, 5.74) is 1.87. The number of benzene rings is 1.